The van der Waals surface area contributed by atoms with E-state index < -0.39 is 0 Å². The number of aryl methyl sites for hydroxylation is 1. The number of amides is 1. The van der Waals surface area contributed by atoms with Crippen molar-refractivity contribution in [2.45, 2.75) is 26.9 Å². The number of anilines is 1. The summed E-state index contributed by atoms with van der Waals surface area (Å²) in [4.78, 5) is 12.1. The van der Waals surface area contributed by atoms with Crippen LogP contribution in [0.3, 0.4) is 0 Å². The molecule has 1 amide bonds. The Balaban J connectivity index is 2.16. The number of carbonyl (C=O) groups is 1. The molecular formula is C20H21ClFNO3. The normalized spacial score (nSPS) is 11.0. The Bertz CT molecular complexity index is 834. The molecule has 2 aromatic rings. The fourth-order valence-corrected chi connectivity index (χ4v) is 2.56. The molecule has 0 aliphatic carbocycles. The van der Waals surface area contributed by atoms with Crippen molar-refractivity contribution in [3.8, 4) is 11.5 Å². The second-order valence-electron chi connectivity index (χ2n) is 5.98. The molecule has 0 aliphatic heterocycles. The third-order valence-corrected chi connectivity index (χ3v) is 3.76. The molecule has 0 bridgehead atoms. The summed E-state index contributed by atoms with van der Waals surface area (Å²) in [6, 6.07) is 7.60. The Hall–Kier alpha value is -2.53. The zero-order chi connectivity index (χ0) is 19.3. The van der Waals surface area contributed by atoms with Gasteiger partial charge in [0.1, 0.15) is 5.82 Å². The van der Waals surface area contributed by atoms with E-state index in [1.807, 2.05) is 13.8 Å². The molecule has 0 saturated heterocycles. The molecule has 0 aliphatic rings. The minimum absolute atomic E-state index is 0.0486. The average molecular weight is 378 g/mol. The molecule has 0 saturated carbocycles. The summed E-state index contributed by atoms with van der Waals surface area (Å²) in [6.45, 7) is 5.51. The van der Waals surface area contributed by atoms with E-state index in [1.165, 1.54) is 31.4 Å². The van der Waals surface area contributed by atoms with Gasteiger partial charge in [0.2, 0.25) is 5.91 Å². The Morgan fingerprint density at radius 1 is 1.27 bits per heavy atom. The first-order valence-corrected chi connectivity index (χ1v) is 8.47. The molecule has 0 atom stereocenters. The Morgan fingerprint density at radius 3 is 2.62 bits per heavy atom. The molecule has 0 radical (unpaired) electrons. The average Bonchev–Trinajstić information content (AvgIpc) is 2.57. The van der Waals surface area contributed by atoms with Gasteiger partial charge in [0.25, 0.3) is 0 Å². The predicted molar refractivity (Wildman–Crippen MR) is 103 cm³/mol. The van der Waals surface area contributed by atoms with Crippen LogP contribution >= 0.6 is 11.6 Å². The van der Waals surface area contributed by atoms with E-state index in [1.54, 1.807) is 25.1 Å². The fourth-order valence-electron chi connectivity index (χ4n) is 2.30. The number of methoxy groups -OCH3 is 1. The van der Waals surface area contributed by atoms with Gasteiger partial charge in [0, 0.05) is 11.8 Å². The molecule has 0 aromatic heterocycles. The number of ether oxygens (including phenoxy) is 2. The van der Waals surface area contributed by atoms with Crippen LogP contribution in [-0.2, 0) is 4.79 Å². The monoisotopic (exact) mass is 377 g/mol. The van der Waals surface area contributed by atoms with Crippen molar-refractivity contribution in [1.82, 2.24) is 0 Å². The van der Waals surface area contributed by atoms with Gasteiger partial charge in [-0.1, -0.05) is 11.6 Å². The van der Waals surface area contributed by atoms with E-state index in [0.29, 0.717) is 33.3 Å². The van der Waals surface area contributed by atoms with Crippen molar-refractivity contribution in [2.75, 3.05) is 12.4 Å². The molecule has 0 spiro atoms. The zero-order valence-corrected chi connectivity index (χ0v) is 15.9. The third kappa shape index (κ3) is 5.23. The standard InChI is InChI=1S/C20H21ClFNO3/c1-12(2)26-20-16(21)10-14(11-18(20)25-4)5-8-19(24)23-17-7-6-15(22)9-13(17)3/h5-12H,1-4H3,(H,23,24)/b8-5+. The maximum atomic E-state index is 13.1. The second-order valence-corrected chi connectivity index (χ2v) is 6.39. The highest BCUT2D eigenvalue weighted by atomic mass is 35.5. The molecule has 0 fully saturated rings. The lowest BCUT2D eigenvalue weighted by atomic mass is 10.1. The van der Waals surface area contributed by atoms with Crippen LogP contribution in [0.2, 0.25) is 5.02 Å². The van der Waals surface area contributed by atoms with E-state index in [9.17, 15) is 9.18 Å². The van der Waals surface area contributed by atoms with Crippen molar-refractivity contribution < 1.29 is 18.7 Å². The molecular weight excluding hydrogens is 357 g/mol. The highest BCUT2D eigenvalue weighted by Crippen LogP contribution is 2.37. The predicted octanol–water partition coefficient (Wildman–Crippen LogP) is 5.24. The van der Waals surface area contributed by atoms with Crippen LogP contribution < -0.4 is 14.8 Å². The van der Waals surface area contributed by atoms with Gasteiger partial charge in [-0.05, 0) is 68.3 Å². The minimum Gasteiger partial charge on any atom is -0.493 e. The lowest BCUT2D eigenvalue weighted by Gasteiger charge is -2.15. The number of hydrogen-bond donors (Lipinski definition) is 1. The molecule has 26 heavy (non-hydrogen) atoms. The van der Waals surface area contributed by atoms with Gasteiger partial charge in [0.15, 0.2) is 11.5 Å². The number of halogens is 2. The Labute approximate surface area is 157 Å². The summed E-state index contributed by atoms with van der Waals surface area (Å²) in [6.07, 6.45) is 2.94. The van der Waals surface area contributed by atoms with E-state index in [4.69, 9.17) is 21.1 Å². The van der Waals surface area contributed by atoms with Crippen molar-refractivity contribution in [1.29, 1.82) is 0 Å². The van der Waals surface area contributed by atoms with Gasteiger partial charge in [-0.25, -0.2) is 4.39 Å². The number of carbonyl (C=O) groups excluding carboxylic acids is 1. The molecule has 4 nitrogen and oxygen atoms in total. The Kier molecular flexibility index (Phi) is 6.64. The highest BCUT2D eigenvalue weighted by molar-refractivity contribution is 6.32. The number of nitrogens with one attached hydrogen (secondary N) is 1. The zero-order valence-electron chi connectivity index (χ0n) is 15.1. The molecule has 138 valence electrons. The summed E-state index contributed by atoms with van der Waals surface area (Å²) >= 11 is 6.26. The number of rotatable bonds is 6. The van der Waals surface area contributed by atoms with E-state index >= 15 is 0 Å². The van der Waals surface area contributed by atoms with Gasteiger partial charge in [0.05, 0.1) is 18.2 Å². The number of benzene rings is 2. The first-order valence-electron chi connectivity index (χ1n) is 8.09. The summed E-state index contributed by atoms with van der Waals surface area (Å²) in [5.74, 6) is 0.270. The largest absolute Gasteiger partial charge is 0.493 e. The molecule has 6 heteroatoms. The van der Waals surface area contributed by atoms with E-state index in [2.05, 4.69) is 5.32 Å². The molecule has 2 aromatic carbocycles. The molecule has 0 unspecified atom stereocenters. The first-order chi connectivity index (χ1) is 12.3. The van der Waals surface area contributed by atoms with Gasteiger partial charge < -0.3 is 14.8 Å². The van der Waals surface area contributed by atoms with Crippen molar-refractivity contribution in [3.63, 3.8) is 0 Å². The van der Waals surface area contributed by atoms with Crippen LogP contribution in [0.5, 0.6) is 11.5 Å². The smallest absolute Gasteiger partial charge is 0.248 e. The summed E-state index contributed by atoms with van der Waals surface area (Å²) in [7, 11) is 1.52. The van der Waals surface area contributed by atoms with Crippen LogP contribution in [0.1, 0.15) is 25.0 Å². The number of hydrogen-bond acceptors (Lipinski definition) is 3. The first kappa shape index (κ1) is 19.8. The quantitative estimate of drug-likeness (QED) is 0.701. The van der Waals surface area contributed by atoms with Gasteiger partial charge in [-0.3, -0.25) is 4.79 Å². The second kappa shape index (κ2) is 8.72. The van der Waals surface area contributed by atoms with Crippen LogP contribution in [0, 0.1) is 12.7 Å². The van der Waals surface area contributed by atoms with Gasteiger partial charge in [-0.15, -0.1) is 0 Å². The molecule has 0 heterocycles. The van der Waals surface area contributed by atoms with Crippen molar-refractivity contribution in [3.05, 3.63) is 58.4 Å². The van der Waals surface area contributed by atoms with E-state index in [0.717, 1.165) is 0 Å². The van der Waals surface area contributed by atoms with Crippen LogP contribution in [0.4, 0.5) is 10.1 Å². The van der Waals surface area contributed by atoms with Gasteiger partial charge >= 0.3 is 0 Å². The van der Waals surface area contributed by atoms with Crippen molar-refractivity contribution >= 4 is 29.3 Å². The maximum absolute atomic E-state index is 13.1. The Morgan fingerprint density at radius 2 is 2.00 bits per heavy atom. The summed E-state index contributed by atoms with van der Waals surface area (Å²) in [5.41, 5.74) is 1.89. The minimum atomic E-state index is -0.346. The van der Waals surface area contributed by atoms with Gasteiger partial charge in [-0.2, -0.15) is 0 Å². The highest BCUT2D eigenvalue weighted by Gasteiger charge is 2.13. The summed E-state index contributed by atoms with van der Waals surface area (Å²) in [5, 5.41) is 3.10. The fraction of sp³-hybridized carbons (Fsp3) is 0.250. The molecule has 2 rings (SSSR count). The van der Waals surface area contributed by atoms with E-state index in [-0.39, 0.29) is 17.8 Å². The topological polar surface area (TPSA) is 47.6 Å². The van der Waals surface area contributed by atoms with Crippen LogP contribution in [0.15, 0.2) is 36.4 Å². The lowest BCUT2D eigenvalue weighted by molar-refractivity contribution is -0.111. The van der Waals surface area contributed by atoms with Crippen LogP contribution in [0.25, 0.3) is 6.08 Å². The maximum Gasteiger partial charge on any atom is 0.248 e. The third-order valence-electron chi connectivity index (χ3n) is 3.48. The summed E-state index contributed by atoms with van der Waals surface area (Å²) < 4.78 is 24.1. The molecule has 1 N–H and O–H groups in total. The lowest BCUT2D eigenvalue weighted by Crippen LogP contribution is -2.09. The van der Waals surface area contributed by atoms with Crippen LogP contribution in [-0.4, -0.2) is 19.1 Å². The SMILES string of the molecule is COc1cc(/C=C/C(=O)Nc2ccc(F)cc2C)cc(Cl)c1OC(C)C. The van der Waals surface area contributed by atoms with Crippen molar-refractivity contribution in [2.24, 2.45) is 0 Å².